The van der Waals surface area contributed by atoms with Gasteiger partial charge in [0, 0.05) is 18.2 Å². The number of allylic oxidation sites excluding steroid dienone is 1. The summed E-state index contributed by atoms with van der Waals surface area (Å²) in [4.78, 5) is 22.1. The van der Waals surface area contributed by atoms with Crippen molar-refractivity contribution in [3.8, 4) is 0 Å². The molecule has 0 fully saturated rings. The van der Waals surface area contributed by atoms with E-state index in [-0.39, 0.29) is 5.56 Å². The number of aliphatic hydroxyl groups excluding tert-OH is 1. The number of hydrogen-bond donors (Lipinski definition) is 3. The van der Waals surface area contributed by atoms with Crippen LogP contribution in [0.3, 0.4) is 0 Å². The minimum atomic E-state index is -1.56. The summed E-state index contributed by atoms with van der Waals surface area (Å²) in [5, 5.41) is 17.5. The van der Waals surface area contributed by atoms with Crippen LogP contribution >= 0.6 is 0 Å². The lowest BCUT2D eigenvalue weighted by Crippen LogP contribution is -2.03. The maximum atomic E-state index is 11.7. The predicted molar refractivity (Wildman–Crippen MR) is 75.0 cm³/mol. The van der Waals surface area contributed by atoms with Gasteiger partial charge in [-0.2, -0.15) is 0 Å². The van der Waals surface area contributed by atoms with Crippen LogP contribution in [0.5, 0.6) is 0 Å². The monoisotopic (exact) mass is 287 g/mol. The van der Waals surface area contributed by atoms with Crippen LogP contribution < -0.4 is 5.73 Å². The van der Waals surface area contributed by atoms with Crippen LogP contribution in [0.2, 0.25) is 0 Å². The normalized spacial score (nSPS) is 11.3. The van der Waals surface area contributed by atoms with Gasteiger partial charge in [0.2, 0.25) is 5.76 Å². The Morgan fingerprint density at radius 3 is 2.48 bits per heavy atom. The Kier molecular flexibility index (Phi) is 4.08. The average molecular weight is 287 g/mol. The molecule has 21 heavy (non-hydrogen) atoms. The van der Waals surface area contributed by atoms with Gasteiger partial charge in [0.15, 0.2) is 5.78 Å². The number of benzene rings is 1. The second kappa shape index (κ2) is 5.96. The maximum absolute atomic E-state index is 11.7. The number of carboxylic acids is 1. The van der Waals surface area contributed by atoms with Crippen molar-refractivity contribution in [2.45, 2.75) is 6.42 Å². The Morgan fingerprint density at radius 2 is 1.86 bits per heavy atom. The van der Waals surface area contributed by atoms with E-state index >= 15 is 0 Å². The molecule has 0 saturated heterocycles. The number of rotatable bonds is 5. The third-order valence-corrected chi connectivity index (χ3v) is 2.78. The standard InChI is InChI=1S/C15H13NO5/c16-11-3-1-9(2-4-11)5-12-6-10(8-21-12)13(17)7-14(18)15(19)20/h1-4,6-8,18H,5,16H2,(H,19,20). The van der Waals surface area contributed by atoms with E-state index < -0.39 is 17.5 Å². The second-order valence-electron chi connectivity index (χ2n) is 4.42. The summed E-state index contributed by atoms with van der Waals surface area (Å²) in [5.41, 5.74) is 7.38. The zero-order valence-corrected chi connectivity index (χ0v) is 10.9. The highest BCUT2D eigenvalue weighted by atomic mass is 16.4. The van der Waals surface area contributed by atoms with Crippen molar-refractivity contribution in [3.05, 3.63) is 65.3 Å². The molecular weight excluding hydrogens is 274 g/mol. The van der Waals surface area contributed by atoms with Crippen molar-refractivity contribution in [2.24, 2.45) is 0 Å². The van der Waals surface area contributed by atoms with Crippen LogP contribution in [-0.4, -0.2) is 22.0 Å². The highest BCUT2D eigenvalue weighted by molar-refractivity contribution is 6.07. The van der Waals surface area contributed by atoms with Crippen LogP contribution in [0, 0.1) is 0 Å². The van der Waals surface area contributed by atoms with Crippen molar-refractivity contribution < 1.29 is 24.2 Å². The number of carbonyl (C=O) groups excluding carboxylic acids is 1. The molecule has 1 aromatic carbocycles. The topological polar surface area (TPSA) is 114 Å². The summed E-state index contributed by atoms with van der Waals surface area (Å²) < 4.78 is 5.25. The van der Waals surface area contributed by atoms with E-state index in [2.05, 4.69) is 0 Å². The van der Waals surface area contributed by atoms with Crippen molar-refractivity contribution in [2.75, 3.05) is 5.73 Å². The largest absolute Gasteiger partial charge is 0.502 e. The molecule has 4 N–H and O–H groups in total. The van der Waals surface area contributed by atoms with Crippen molar-refractivity contribution in [1.29, 1.82) is 0 Å². The zero-order valence-electron chi connectivity index (χ0n) is 10.9. The first-order valence-electron chi connectivity index (χ1n) is 6.06. The van der Waals surface area contributed by atoms with E-state index in [1.807, 2.05) is 12.1 Å². The van der Waals surface area contributed by atoms with Crippen molar-refractivity contribution in [3.63, 3.8) is 0 Å². The van der Waals surface area contributed by atoms with Crippen LogP contribution in [0.4, 0.5) is 5.69 Å². The molecule has 1 heterocycles. The first-order chi connectivity index (χ1) is 9.95. The summed E-state index contributed by atoms with van der Waals surface area (Å²) in [6.45, 7) is 0. The van der Waals surface area contributed by atoms with E-state index in [0.29, 0.717) is 23.9 Å². The van der Waals surface area contributed by atoms with E-state index in [4.69, 9.17) is 20.4 Å². The summed E-state index contributed by atoms with van der Waals surface area (Å²) >= 11 is 0. The lowest BCUT2D eigenvalue weighted by atomic mass is 10.1. The van der Waals surface area contributed by atoms with Gasteiger partial charge in [-0.1, -0.05) is 12.1 Å². The first kappa shape index (κ1) is 14.4. The molecule has 0 radical (unpaired) electrons. The van der Waals surface area contributed by atoms with Gasteiger partial charge in [0.05, 0.1) is 5.56 Å². The molecule has 0 saturated carbocycles. The van der Waals surface area contributed by atoms with Crippen LogP contribution in [0.1, 0.15) is 21.7 Å². The number of carbonyl (C=O) groups is 2. The Hall–Kier alpha value is -3.02. The number of furan rings is 1. The van der Waals surface area contributed by atoms with Gasteiger partial charge in [-0.3, -0.25) is 4.79 Å². The lowest BCUT2D eigenvalue weighted by Gasteiger charge is -1.98. The Morgan fingerprint density at radius 1 is 1.19 bits per heavy atom. The average Bonchev–Trinajstić information content (AvgIpc) is 2.90. The van der Waals surface area contributed by atoms with E-state index in [9.17, 15) is 9.59 Å². The summed E-state index contributed by atoms with van der Waals surface area (Å²) in [6.07, 6.45) is 2.34. The molecule has 2 rings (SSSR count). The molecule has 0 amide bonds. The SMILES string of the molecule is Nc1ccc(Cc2cc(C(=O)C=C(O)C(=O)O)co2)cc1. The molecule has 0 bridgehead atoms. The van der Waals surface area contributed by atoms with Gasteiger partial charge in [-0.05, 0) is 23.8 Å². The summed E-state index contributed by atoms with van der Waals surface area (Å²) in [6, 6.07) is 8.71. The molecule has 0 unspecified atom stereocenters. The van der Waals surface area contributed by atoms with Gasteiger partial charge < -0.3 is 20.4 Å². The smallest absolute Gasteiger partial charge is 0.371 e. The number of carboxylic acid groups (broad SMARTS) is 1. The molecular formula is C15H13NO5. The maximum Gasteiger partial charge on any atom is 0.371 e. The number of aliphatic carboxylic acids is 1. The van der Waals surface area contributed by atoms with E-state index in [1.165, 1.54) is 12.3 Å². The Bertz CT molecular complexity index is 697. The number of anilines is 1. The molecule has 6 heteroatoms. The van der Waals surface area contributed by atoms with Crippen LogP contribution in [0.15, 0.2) is 52.8 Å². The van der Waals surface area contributed by atoms with Crippen molar-refractivity contribution in [1.82, 2.24) is 0 Å². The summed E-state index contributed by atoms with van der Waals surface area (Å²) in [5.74, 6) is -2.66. The summed E-state index contributed by atoms with van der Waals surface area (Å²) in [7, 11) is 0. The minimum Gasteiger partial charge on any atom is -0.502 e. The second-order valence-corrected chi connectivity index (χ2v) is 4.42. The highest BCUT2D eigenvalue weighted by Gasteiger charge is 2.12. The molecule has 1 aromatic heterocycles. The van der Waals surface area contributed by atoms with Gasteiger partial charge >= 0.3 is 5.97 Å². The zero-order chi connectivity index (χ0) is 15.4. The highest BCUT2D eigenvalue weighted by Crippen LogP contribution is 2.15. The molecule has 2 aromatic rings. The lowest BCUT2D eigenvalue weighted by molar-refractivity contribution is -0.135. The van der Waals surface area contributed by atoms with E-state index in [1.54, 1.807) is 12.1 Å². The van der Waals surface area contributed by atoms with Gasteiger partial charge in [0.25, 0.3) is 0 Å². The third-order valence-electron chi connectivity index (χ3n) is 2.78. The minimum absolute atomic E-state index is 0.174. The molecule has 0 spiro atoms. The molecule has 6 nitrogen and oxygen atoms in total. The molecule has 108 valence electrons. The van der Waals surface area contributed by atoms with Gasteiger partial charge in [-0.25, -0.2) is 4.79 Å². The van der Waals surface area contributed by atoms with Crippen LogP contribution in [0.25, 0.3) is 0 Å². The Balaban J connectivity index is 2.11. The van der Waals surface area contributed by atoms with E-state index in [0.717, 1.165) is 5.56 Å². The number of ketones is 1. The number of aliphatic hydroxyl groups is 1. The molecule has 0 atom stereocenters. The third kappa shape index (κ3) is 3.73. The number of nitrogens with two attached hydrogens (primary N) is 1. The number of nitrogen functional groups attached to an aromatic ring is 1. The number of hydrogen-bond acceptors (Lipinski definition) is 5. The predicted octanol–water partition coefficient (Wildman–Crippen LogP) is 2.16. The fourth-order valence-electron chi connectivity index (χ4n) is 1.71. The molecule has 0 aliphatic rings. The van der Waals surface area contributed by atoms with Gasteiger partial charge in [0.1, 0.15) is 12.0 Å². The first-order valence-corrected chi connectivity index (χ1v) is 6.06. The Labute approximate surface area is 120 Å². The molecule has 0 aliphatic heterocycles. The fraction of sp³-hybridized carbons (Fsp3) is 0.0667. The quantitative estimate of drug-likeness (QED) is 0.336. The van der Waals surface area contributed by atoms with Crippen molar-refractivity contribution >= 4 is 17.4 Å². The fourth-order valence-corrected chi connectivity index (χ4v) is 1.71. The molecule has 0 aliphatic carbocycles. The van der Waals surface area contributed by atoms with Crippen LogP contribution in [-0.2, 0) is 11.2 Å². The van der Waals surface area contributed by atoms with Gasteiger partial charge in [-0.15, -0.1) is 0 Å².